The maximum absolute atomic E-state index is 13.0. The van der Waals surface area contributed by atoms with E-state index in [1.807, 2.05) is 42.1 Å². The number of carbonyl (C=O) groups is 2. The van der Waals surface area contributed by atoms with Gasteiger partial charge < -0.3 is 15.0 Å². The molecule has 2 aliphatic heterocycles. The number of hydrogen-bond acceptors (Lipinski definition) is 7. The van der Waals surface area contributed by atoms with Gasteiger partial charge in [-0.05, 0) is 18.4 Å². The number of amides is 3. The van der Waals surface area contributed by atoms with Gasteiger partial charge in [-0.3, -0.25) is 10.1 Å². The highest BCUT2D eigenvalue weighted by molar-refractivity contribution is 7.99. The Morgan fingerprint density at radius 1 is 1.20 bits per heavy atom. The lowest BCUT2D eigenvalue weighted by atomic mass is 10.1. The summed E-state index contributed by atoms with van der Waals surface area (Å²) in [5.74, 6) is 1.54. The summed E-state index contributed by atoms with van der Waals surface area (Å²) in [5.41, 5.74) is 0.976. The molecular weight excluding hydrogens is 422 g/mol. The van der Waals surface area contributed by atoms with Gasteiger partial charge in [-0.2, -0.15) is 11.8 Å². The number of thioether (sulfide) groups is 1. The molecule has 1 aromatic carbocycles. The number of benzene rings is 1. The van der Waals surface area contributed by atoms with E-state index in [4.69, 9.17) is 4.74 Å². The molecule has 0 unspecified atom stereocenters. The highest BCUT2D eigenvalue weighted by Crippen LogP contribution is 2.31. The zero-order valence-electron chi connectivity index (χ0n) is 16.6. The van der Waals surface area contributed by atoms with Crippen LogP contribution in [0.3, 0.4) is 0 Å². The number of aromatic nitrogens is 2. The van der Waals surface area contributed by atoms with Crippen LogP contribution in [0.25, 0.3) is 0 Å². The third kappa shape index (κ3) is 5.50. The Morgan fingerprint density at radius 2 is 2.00 bits per heavy atom. The highest BCUT2D eigenvalue weighted by atomic mass is 32.2. The fraction of sp³-hybridized carbons (Fsp3) is 0.500. The molecule has 3 heterocycles. The first-order valence-corrected chi connectivity index (χ1v) is 12.1. The second-order valence-corrected chi connectivity index (χ2v) is 9.46. The monoisotopic (exact) mass is 447 g/mol. The Labute approximate surface area is 183 Å². The smallest absolute Gasteiger partial charge is 0.318 e. The van der Waals surface area contributed by atoms with Crippen molar-refractivity contribution in [3.05, 3.63) is 40.9 Å². The minimum absolute atomic E-state index is 0.0371. The van der Waals surface area contributed by atoms with Crippen LogP contribution in [0.1, 0.15) is 29.5 Å². The summed E-state index contributed by atoms with van der Waals surface area (Å²) in [4.78, 5) is 27.5. The van der Waals surface area contributed by atoms with Crippen LogP contribution in [-0.2, 0) is 16.0 Å². The Hall–Kier alpha value is -2.17. The highest BCUT2D eigenvalue weighted by Gasteiger charge is 2.27. The second-order valence-electron chi connectivity index (χ2n) is 7.23. The molecule has 10 heteroatoms. The summed E-state index contributed by atoms with van der Waals surface area (Å²) < 4.78 is 5.63. The number of nitrogens with zero attached hydrogens (tertiary/aromatic N) is 3. The quantitative estimate of drug-likeness (QED) is 0.707. The third-order valence-corrected chi connectivity index (χ3v) is 6.94. The van der Waals surface area contributed by atoms with E-state index in [1.165, 1.54) is 11.3 Å². The van der Waals surface area contributed by atoms with Crippen molar-refractivity contribution in [1.82, 2.24) is 20.4 Å². The van der Waals surface area contributed by atoms with Gasteiger partial charge >= 0.3 is 6.03 Å². The van der Waals surface area contributed by atoms with Crippen LogP contribution >= 0.6 is 23.1 Å². The van der Waals surface area contributed by atoms with Crippen molar-refractivity contribution in [3.63, 3.8) is 0 Å². The lowest BCUT2D eigenvalue weighted by Crippen LogP contribution is -2.52. The largest absolute Gasteiger partial charge is 0.371 e. The van der Waals surface area contributed by atoms with Crippen LogP contribution in [0.15, 0.2) is 30.3 Å². The van der Waals surface area contributed by atoms with Crippen LogP contribution in [-0.4, -0.2) is 64.3 Å². The minimum atomic E-state index is -0.704. The summed E-state index contributed by atoms with van der Waals surface area (Å²) >= 11 is 3.16. The van der Waals surface area contributed by atoms with Gasteiger partial charge in [0.15, 0.2) is 0 Å². The van der Waals surface area contributed by atoms with Crippen LogP contribution in [0.5, 0.6) is 0 Å². The summed E-state index contributed by atoms with van der Waals surface area (Å²) in [6.07, 6.45) is 2.29. The zero-order chi connectivity index (χ0) is 20.8. The van der Waals surface area contributed by atoms with E-state index in [0.29, 0.717) is 24.6 Å². The Bertz CT molecular complexity index is 851. The van der Waals surface area contributed by atoms with Gasteiger partial charge in [0.05, 0.1) is 0 Å². The Morgan fingerprint density at radius 3 is 2.73 bits per heavy atom. The van der Waals surface area contributed by atoms with Crippen molar-refractivity contribution in [2.24, 2.45) is 0 Å². The second kappa shape index (κ2) is 10.2. The van der Waals surface area contributed by atoms with Crippen molar-refractivity contribution in [1.29, 1.82) is 0 Å². The van der Waals surface area contributed by atoms with Gasteiger partial charge in [0.25, 0.3) is 0 Å². The lowest BCUT2D eigenvalue weighted by Gasteiger charge is -2.28. The summed E-state index contributed by atoms with van der Waals surface area (Å²) in [6, 6.07) is 8.76. The van der Waals surface area contributed by atoms with Gasteiger partial charge in [-0.1, -0.05) is 41.7 Å². The SMILES string of the molecule is O=C(Nc1nnc([C@H]2CCCO2)s1)[C@@H](Cc1ccccc1)NC(=O)N1CCSCC1. The molecule has 2 atom stereocenters. The topological polar surface area (TPSA) is 96.5 Å². The summed E-state index contributed by atoms with van der Waals surface area (Å²) in [6.45, 7) is 2.11. The molecule has 30 heavy (non-hydrogen) atoms. The maximum Gasteiger partial charge on any atom is 0.318 e. The van der Waals surface area contributed by atoms with Crippen molar-refractivity contribution < 1.29 is 14.3 Å². The Kier molecular flexibility index (Phi) is 7.19. The molecule has 160 valence electrons. The number of carbonyl (C=O) groups excluding carboxylic acids is 2. The molecule has 0 aliphatic carbocycles. The molecule has 0 saturated carbocycles. The third-order valence-electron chi connectivity index (χ3n) is 5.07. The number of nitrogens with one attached hydrogen (secondary N) is 2. The average Bonchev–Trinajstić information content (AvgIpc) is 3.46. The lowest BCUT2D eigenvalue weighted by molar-refractivity contribution is -0.118. The minimum Gasteiger partial charge on any atom is -0.371 e. The van der Waals surface area contributed by atoms with Gasteiger partial charge in [0.1, 0.15) is 17.2 Å². The van der Waals surface area contributed by atoms with E-state index in [9.17, 15) is 9.59 Å². The molecule has 2 N–H and O–H groups in total. The molecule has 2 fully saturated rings. The molecule has 8 nitrogen and oxygen atoms in total. The van der Waals surface area contributed by atoms with Gasteiger partial charge in [-0.15, -0.1) is 10.2 Å². The van der Waals surface area contributed by atoms with Crippen molar-refractivity contribution >= 4 is 40.2 Å². The predicted octanol–water partition coefficient (Wildman–Crippen LogP) is 2.70. The number of rotatable bonds is 6. The normalized spacial score (nSPS) is 20.0. The van der Waals surface area contributed by atoms with Crippen molar-refractivity contribution in [2.75, 3.05) is 36.5 Å². The first-order valence-electron chi connectivity index (χ1n) is 10.1. The Balaban J connectivity index is 1.43. The molecule has 0 radical (unpaired) electrons. The fourth-order valence-corrected chi connectivity index (χ4v) is 5.18. The van der Waals surface area contributed by atoms with E-state index < -0.39 is 6.04 Å². The van der Waals surface area contributed by atoms with E-state index in [0.717, 1.165) is 41.5 Å². The van der Waals surface area contributed by atoms with E-state index in [-0.39, 0.29) is 18.0 Å². The van der Waals surface area contributed by atoms with E-state index in [1.54, 1.807) is 4.90 Å². The molecule has 2 aromatic rings. The predicted molar refractivity (Wildman–Crippen MR) is 118 cm³/mol. The maximum atomic E-state index is 13.0. The first-order chi connectivity index (χ1) is 14.7. The van der Waals surface area contributed by atoms with Crippen molar-refractivity contribution in [3.8, 4) is 0 Å². The fourth-order valence-electron chi connectivity index (χ4n) is 3.45. The summed E-state index contributed by atoms with van der Waals surface area (Å²) in [7, 11) is 0. The first kappa shape index (κ1) is 21.1. The molecule has 2 saturated heterocycles. The molecule has 0 spiro atoms. The van der Waals surface area contributed by atoms with E-state index >= 15 is 0 Å². The molecular formula is C20H25N5O3S2. The number of anilines is 1. The zero-order valence-corrected chi connectivity index (χ0v) is 18.2. The average molecular weight is 448 g/mol. The molecule has 4 rings (SSSR count). The van der Waals surface area contributed by atoms with Crippen LogP contribution in [0.2, 0.25) is 0 Å². The molecule has 1 aromatic heterocycles. The van der Waals surface area contributed by atoms with Gasteiger partial charge in [-0.25, -0.2) is 4.79 Å². The van der Waals surface area contributed by atoms with Gasteiger partial charge in [0.2, 0.25) is 11.0 Å². The standard InChI is InChI=1S/C20H25N5O3S2/c26-17(22-19-24-23-18(30-19)16-7-4-10-28-16)15(13-14-5-2-1-3-6-14)21-20(27)25-8-11-29-12-9-25/h1-3,5-6,15-16H,4,7-13H2,(H,21,27)(H,22,24,26)/t15-,16-/m1/s1. The van der Waals surface area contributed by atoms with Gasteiger partial charge in [0, 0.05) is 37.6 Å². The summed E-state index contributed by atoms with van der Waals surface area (Å²) in [5, 5.41) is 15.2. The van der Waals surface area contributed by atoms with E-state index in [2.05, 4.69) is 20.8 Å². The van der Waals surface area contributed by atoms with Crippen LogP contribution < -0.4 is 10.6 Å². The number of hydrogen-bond donors (Lipinski definition) is 2. The van der Waals surface area contributed by atoms with Crippen LogP contribution in [0, 0.1) is 0 Å². The number of urea groups is 1. The van der Waals surface area contributed by atoms with Crippen LogP contribution in [0.4, 0.5) is 9.93 Å². The number of ether oxygens (including phenoxy) is 1. The molecule has 0 bridgehead atoms. The molecule has 3 amide bonds. The molecule has 2 aliphatic rings. The van der Waals surface area contributed by atoms with Crippen molar-refractivity contribution in [2.45, 2.75) is 31.4 Å².